The molecule has 0 radical (unpaired) electrons. The summed E-state index contributed by atoms with van der Waals surface area (Å²) in [7, 11) is 0. The second kappa shape index (κ2) is 8.21. The third-order valence-electron chi connectivity index (χ3n) is 2.36. The van der Waals surface area contributed by atoms with Gasteiger partial charge in [-0.3, -0.25) is 0 Å². The summed E-state index contributed by atoms with van der Waals surface area (Å²) in [6, 6.07) is 0.152. The maximum atomic E-state index is 5.90. The van der Waals surface area contributed by atoms with Crippen molar-refractivity contribution in [3.05, 3.63) is 0 Å². The summed E-state index contributed by atoms with van der Waals surface area (Å²) in [4.78, 5) is 0. The van der Waals surface area contributed by atoms with Gasteiger partial charge in [-0.05, 0) is 19.8 Å². The first-order valence-corrected chi connectivity index (χ1v) is 5.52. The highest BCUT2D eigenvalue weighted by Gasteiger charge is 2.10. The number of ether oxygens (including phenoxy) is 2. The number of hydrogen-bond donors (Lipinski definition) is 1. The van der Waals surface area contributed by atoms with Crippen molar-refractivity contribution in [1.29, 1.82) is 0 Å². The molecule has 0 aliphatic heterocycles. The molecule has 3 nitrogen and oxygen atoms in total. The van der Waals surface area contributed by atoms with Crippen LogP contribution in [0.5, 0.6) is 0 Å². The van der Waals surface area contributed by atoms with E-state index in [1.165, 1.54) is 0 Å². The minimum Gasteiger partial charge on any atom is -0.377 e. The van der Waals surface area contributed by atoms with Gasteiger partial charge in [0.2, 0.25) is 0 Å². The molecule has 0 aromatic heterocycles. The molecule has 0 saturated carbocycles. The summed E-state index contributed by atoms with van der Waals surface area (Å²) >= 11 is 0. The van der Waals surface area contributed by atoms with Gasteiger partial charge in [0.1, 0.15) is 0 Å². The van der Waals surface area contributed by atoms with Gasteiger partial charge in [-0.15, -0.1) is 0 Å². The van der Waals surface area contributed by atoms with Crippen LogP contribution in [-0.4, -0.2) is 32.0 Å². The molecule has 2 N–H and O–H groups in total. The molecule has 0 aliphatic carbocycles. The average Bonchev–Trinajstić information content (AvgIpc) is 2.15. The molecule has 2 atom stereocenters. The van der Waals surface area contributed by atoms with E-state index >= 15 is 0 Å². The molecular formula is C11H25NO2. The molecule has 0 fully saturated rings. The van der Waals surface area contributed by atoms with Crippen molar-refractivity contribution in [2.45, 2.75) is 46.3 Å². The summed E-state index contributed by atoms with van der Waals surface area (Å²) in [6.07, 6.45) is 1.38. The minimum atomic E-state index is 0.152. The third-order valence-corrected chi connectivity index (χ3v) is 2.36. The summed E-state index contributed by atoms with van der Waals surface area (Å²) < 4.78 is 10.8. The molecular weight excluding hydrogens is 178 g/mol. The first-order valence-electron chi connectivity index (χ1n) is 5.52. The molecule has 0 aromatic rings. The van der Waals surface area contributed by atoms with Gasteiger partial charge >= 0.3 is 0 Å². The van der Waals surface area contributed by atoms with Crippen LogP contribution in [0.25, 0.3) is 0 Å². The molecule has 0 rings (SSSR count). The van der Waals surface area contributed by atoms with E-state index in [9.17, 15) is 0 Å². The zero-order valence-electron chi connectivity index (χ0n) is 9.95. The van der Waals surface area contributed by atoms with Crippen molar-refractivity contribution in [2.24, 2.45) is 11.7 Å². The van der Waals surface area contributed by atoms with E-state index in [-0.39, 0.29) is 12.1 Å². The summed E-state index contributed by atoms with van der Waals surface area (Å²) in [6.45, 7) is 10.3. The lowest BCUT2D eigenvalue weighted by molar-refractivity contribution is 0.0130. The largest absolute Gasteiger partial charge is 0.377 e. The van der Waals surface area contributed by atoms with Crippen LogP contribution in [0.3, 0.4) is 0 Å². The van der Waals surface area contributed by atoms with Crippen molar-refractivity contribution in [3.63, 3.8) is 0 Å². The van der Waals surface area contributed by atoms with Crippen LogP contribution in [-0.2, 0) is 9.47 Å². The molecule has 0 spiro atoms. The molecule has 0 saturated heterocycles. The Balaban J connectivity index is 3.27. The molecule has 0 aromatic carbocycles. The Labute approximate surface area is 88.0 Å². The molecule has 0 amide bonds. The SMILES string of the molecule is CCC(C)C(N)COCCOC(C)C. The molecule has 0 heterocycles. The second-order valence-corrected chi connectivity index (χ2v) is 4.04. The zero-order valence-corrected chi connectivity index (χ0v) is 9.95. The molecule has 0 aliphatic rings. The third kappa shape index (κ3) is 7.30. The summed E-state index contributed by atoms with van der Waals surface area (Å²) in [5.41, 5.74) is 5.90. The van der Waals surface area contributed by atoms with Crippen molar-refractivity contribution in [1.82, 2.24) is 0 Å². The van der Waals surface area contributed by atoms with Gasteiger partial charge in [-0.25, -0.2) is 0 Å². The lowest BCUT2D eigenvalue weighted by atomic mass is 10.0. The first-order chi connectivity index (χ1) is 6.57. The quantitative estimate of drug-likeness (QED) is 0.612. The van der Waals surface area contributed by atoms with E-state index < -0.39 is 0 Å². The monoisotopic (exact) mass is 203 g/mol. The van der Waals surface area contributed by atoms with Gasteiger partial charge in [0.05, 0.1) is 25.9 Å². The van der Waals surface area contributed by atoms with E-state index in [4.69, 9.17) is 15.2 Å². The maximum Gasteiger partial charge on any atom is 0.0703 e. The fourth-order valence-corrected chi connectivity index (χ4v) is 1.03. The lowest BCUT2D eigenvalue weighted by Gasteiger charge is -2.18. The van der Waals surface area contributed by atoms with E-state index in [0.29, 0.717) is 25.7 Å². The van der Waals surface area contributed by atoms with Gasteiger partial charge in [-0.1, -0.05) is 20.3 Å². The van der Waals surface area contributed by atoms with Crippen LogP contribution in [0.1, 0.15) is 34.1 Å². The number of hydrogen-bond acceptors (Lipinski definition) is 3. The van der Waals surface area contributed by atoms with Crippen LogP contribution in [0, 0.1) is 5.92 Å². The van der Waals surface area contributed by atoms with E-state index in [2.05, 4.69) is 13.8 Å². The highest BCUT2D eigenvalue weighted by Crippen LogP contribution is 2.05. The fraction of sp³-hybridized carbons (Fsp3) is 1.00. The smallest absolute Gasteiger partial charge is 0.0703 e. The van der Waals surface area contributed by atoms with Crippen LogP contribution in [0.2, 0.25) is 0 Å². The van der Waals surface area contributed by atoms with Gasteiger partial charge in [0.15, 0.2) is 0 Å². The summed E-state index contributed by atoms with van der Waals surface area (Å²) in [5.74, 6) is 0.529. The maximum absolute atomic E-state index is 5.90. The van der Waals surface area contributed by atoms with Gasteiger partial charge in [-0.2, -0.15) is 0 Å². The van der Waals surface area contributed by atoms with Crippen molar-refractivity contribution in [2.75, 3.05) is 19.8 Å². The van der Waals surface area contributed by atoms with Crippen molar-refractivity contribution >= 4 is 0 Å². The van der Waals surface area contributed by atoms with Crippen LogP contribution < -0.4 is 5.73 Å². The molecule has 0 bridgehead atoms. The predicted octanol–water partition coefficient (Wildman–Crippen LogP) is 1.80. The van der Waals surface area contributed by atoms with Crippen LogP contribution in [0.4, 0.5) is 0 Å². The number of nitrogens with two attached hydrogens (primary N) is 1. The second-order valence-electron chi connectivity index (χ2n) is 4.04. The van der Waals surface area contributed by atoms with E-state index in [0.717, 1.165) is 6.42 Å². The molecule has 3 heteroatoms. The van der Waals surface area contributed by atoms with Crippen LogP contribution >= 0.6 is 0 Å². The first kappa shape index (κ1) is 13.9. The normalized spacial score (nSPS) is 15.9. The van der Waals surface area contributed by atoms with E-state index in [1.807, 2.05) is 13.8 Å². The van der Waals surface area contributed by atoms with Gasteiger partial charge in [0, 0.05) is 6.04 Å². The van der Waals surface area contributed by atoms with E-state index in [1.54, 1.807) is 0 Å². The molecule has 2 unspecified atom stereocenters. The fourth-order valence-electron chi connectivity index (χ4n) is 1.03. The standard InChI is InChI=1S/C11H25NO2/c1-5-10(4)11(12)8-13-6-7-14-9(2)3/h9-11H,5-8,12H2,1-4H3. The Bertz CT molecular complexity index is 128. The highest BCUT2D eigenvalue weighted by molar-refractivity contribution is 4.66. The molecule has 86 valence electrons. The zero-order chi connectivity index (χ0) is 11.0. The highest BCUT2D eigenvalue weighted by atomic mass is 16.5. The Morgan fingerprint density at radius 1 is 1.14 bits per heavy atom. The number of rotatable bonds is 8. The van der Waals surface area contributed by atoms with Gasteiger partial charge in [0.25, 0.3) is 0 Å². The topological polar surface area (TPSA) is 44.5 Å². The Kier molecular flexibility index (Phi) is 8.14. The van der Waals surface area contributed by atoms with Gasteiger partial charge < -0.3 is 15.2 Å². The Morgan fingerprint density at radius 2 is 1.79 bits per heavy atom. The van der Waals surface area contributed by atoms with Crippen molar-refractivity contribution in [3.8, 4) is 0 Å². The minimum absolute atomic E-state index is 0.152. The van der Waals surface area contributed by atoms with Crippen LogP contribution in [0.15, 0.2) is 0 Å². The Morgan fingerprint density at radius 3 is 2.29 bits per heavy atom. The predicted molar refractivity (Wildman–Crippen MR) is 59.3 cm³/mol. The average molecular weight is 203 g/mol. The Hall–Kier alpha value is -0.120. The lowest BCUT2D eigenvalue weighted by Crippen LogP contribution is -2.33. The molecule has 14 heavy (non-hydrogen) atoms. The van der Waals surface area contributed by atoms with Crippen molar-refractivity contribution < 1.29 is 9.47 Å². The summed E-state index contributed by atoms with van der Waals surface area (Å²) in [5, 5.41) is 0.